The molecule has 1 fully saturated rings. The highest BCUT2D eigenvalue weighted by atomic mass is 79.9. The van der Waals surface area contributed by atoms with Crippen molar-refractivity contribution in [2.24, 2.45) is 0 Å². The fraction of sp³-hybridized carbons (Fsp3) is 0.900. The Morgan fingerprint density at radius 3 is 2.71 bits per heavy atom. The number of halogens is 1. The summed E-state index contributed by atoms with van der Waals surface area (Å²) >= 11 is 3.33. The third kappa shape index (κ3) is 3.96. The third-order valence-electron chi connectivity index (χ3n) is 2.57. The van der Waals surface area contributed by atoms with Gasteiger partial charge in [0.05, 0.1) is 4.83 Å². The van der Waals surface area contributed by atoms with Gasteiger partial charge in [-0.3, -0.25) is 4.79 Å². The SMILES string of the molecule is CCC(Br)C(=O)NCCN1CCCC1. The van der Waals surface area contributed by atoms with Crippen molar-refractivity contribution in [1.29, 1.82) is 0 Å². The minimum absolute atomic E-state index is 0.0268. The van der Waals surface area contributed by atoms with Crippen molar-refractivity contribution in [3.63, 3.8) is 0 Å². The molecule has 0 aliphatic carbocycles. The molecule has 3 nitrogen and oxygen atoms in total. The van der Waals surface area contributed by atoms with Crippen LogP contribution in [0.2, 0.25) is 0 Å². The molecule has 0 aromatic carbocycles. The Balaban J connectivity index is 2.05. The Morgan fingerprint density at radius 2 is 2.14 bits per heavy atom. The van der Waals surface area contributed by atoms with Gasteiger partial charge in [-0.1, -0.05) is 22.9 Å². The molecule has 0 saturated carbocycles. The van der Waals surface area contributed by atoms with E-state index in [4.69, 9.17) is 0 Å². The second kappa shape index (κ2) is 6.40. The van der Waals surface area contributed by atoms with Crippen LogP contribution in [-0.2, 0) is 4.79 Å². The predicted octanol–water partition coefficient (Wildman–Crippen LogP) is 1.37. The fourth-order valence-corrected chi connectivity index (χ4v) is 1.80. The molecule has 4 heteroatoms. The number of carbonyl (C=O) groups is 1. The van der Waals surface area contributed by atoms with E-state index in [-0.39, 0.29) is 10.7 Å². The highest BCUT2D eigenvalue weighted by Crippen LogP contribution is 2.06. The van der Waals surface area contributed by atoms with Gasteiger partial charge < -0.3 is 10.2 Å². The number of nitrogens with one attached hydrogen (secondary N) is 1. The lowest BCUT2D eigenvalue weighted by Gasteiger charge is -2.15. The lowest BCUT2D eigenvalue weighted by Crippen LogP contribution is -2.37. The summed E-state index contributed by atoms with van der Waals surface area (Å²) in [5, 5.41) is 2.93. The average Bonchev–Trinajstić information content (AvgIpc) is 2.69. The first kappa shape index (κ1) is 12.0. The van der Waals surface area contributed by atoms with Gasteiger partial charge in [-0.05, 0) is 32.4 Å². The van der Waals surface area contributed by atoms with Crippen molar-refractivity contribution in [3.05, 3.63) is 0 Å². The molecule has 0 bridgehead atoms. The molecular formula is C10H19BrN2O. The van der Waals surface area contributed by atoms with Crippen LogP contribution < -0.4 is 5.32 Å². The minimum atomic E-state index is -0.0268. The smallest absolute Gasteiger partial charge is 0.233 e. The van der Waals surface area contributed by atoms with Crippen LogP contribution in [0.5, 0.6) is 0 Å². The number of nitrogens with zero attached hydrogens (tertiary/aromatic N) is 1. The summed E-state index contributed by atoms with van der Waals surface area (Å²) in [5.41, 5.74) is 0. The van der Waals surface area contributed by atoms with Crippen molar-refractivity contribution in [1.82, 2.24) is 10.2 Å². The van der Waals surface area contributed by atoms with Gasteiger partial charge in [0.2, 0.25) is 5.91 Å². The normalized spacial score (nSPS) is 19.6. The van der Waals surface area contributed by atoms with E-state index in [1.807, 2.05) is 6.92 Å². The van der Waals surface area contributed by atoms with E-state index in [1.54, 1.807) is 0 Å². The topological polar surface area (TPSA) is 32.3 Å². The number of hydrogen-bond donors (Lipinski definition) is 1. The van der Waals surface area contributed by atoms with E-state index >= 15 is 0 Å². The lowest BCUT2D eigenvalue weighted by molar-refractivity contribution is -0.120. The summed E-state index contributed by atoms with van der Waals surface area (Å²) < 4.78 is 0. The van der Waals surface area contributed by atoms with Crippen LogP contribution in [0.15, 0.2) is 0 Å². The molecule has 0 radical (unpaired) electrons. The molecule has 1 atom stereocenters. The van der Waals surface area contributed by atoms with Crippen LogP contribution in [-0.4, -0.2) is 41.8 Å². The maximum absolute atomic E-state index is 11.4. The Kier molecular flexibility index (Phi) is 5.48. The molecule has 1 saturated heterocycles. The van der Waals surface area contributed by atoms with E-state index in [0.29, 0.717) is 0 Å². The van der Waals surface area contributed by atoms with E-state index in [9.17, 15) is 4.79 Å². The maximum atomic E-state index is 11.4. The van der Waals surface area contributed by atoms with Crippen molar-refractivity contribution in [2.75, 3.05) is 26.2 Å². The highest BCUT2D eigenvalue weighted by Gasteiger charge is 2.13. The zero-order chi connectivity index (χ0) is 10.4. The van der Waals surface area contributed by atoms with Crippen molar-refractivity contribution >= 4 is 21.8 Å². The van der Waals surface area contributed by atoms with E-state index in [0.717, 1.165) is 19.5 Å². The zero-order valence-corrected chi connectivity index (χ0v) is 10.3. The Morgan fingerprint density at radius 1 is 1.50 bits per heavy atom. The average molecular weight is 263 g/mol. The summed E-state index contributed by atoms with van der Waals surface area (Å²) in [6, 6.07) is 0. The molecule has 1 N–H and O–H groups in total. The van der Waals surface area contributed by atoms with Gasteiger partial charge in [-0.15, -0.1) is 0 Å². The zero-order valence-electron chi connectivity index (χ0n) is 8.76. The molecule has 0 aromatic rings. The number of hydrogen-bond acceptors (Lipinski definition) is 2. The van der Waals surface area contributed by atoms with Gasteiger partial charge in [0.1, 0.15) is 0 Å². The number of alkyl halides is 1. The molecular weight excluding hydrogens is 244 g/mol. The lowest BCUT2D eigenvalue weighted by atomic mass is 10.3. The van der Waals surface area contributed by atoms with Crippen LogP contribution in [0.25, 0.3) is 0 Å². The first-order valence-electron chi connectivity index (χ1n) is 5.38. The first-order chi connectivity index (χ1) is 6.74. The highest BCUT2D eigenvalue weighted by molar-refractivity contribution is 9.10. The van der Waals surface area contributed by atoms with Crippen molar-refractivity contribution in [2.45, 2.75) is 31.0 Å². The minimum Gasteiger partial charge on any atom is -0.354 e. The van der Waals surface area contributed by atoms with Gasteiger partial charge in [-0.25, -0.2) is 0 Å². The standard InChI is InChI=1S/C10H19BrN2O/c1-2-9(11)10(14)12-5-8-13-6-3-4-7-13/h9H,2-8H2,1H3,(H,12,14). The summed E-state index contributed by atoms with van der Waals surface area (Å²) in [6.45, 7) is 6.17. The Labute approximate surface area is 94.4 Å². The second-order valence-electron chi connectivity index (χ2n) is 3.72. The quantitative estimate of drug-likeness (QED) is 0.760. The largest absolute Gasteiger partial charge is 0.354 e. The van der Waals surface area contributed by atoms with E-state index in [2.05, 4.69) is 26.1 Å². The number of amides is 1. The Bertz CT molecular complexity index is 181. The maximum Gasteiger partial charge on any atom is 0.233 e. The molecule has 0 aromatic heterocycles. The first-order valence-corrected chi connectivity index (χ1v) is 6.29. The molecule has 1 aliphatic rings. The fourth-order valence-electron chi connectivity index (χ4n) is 1.64. The van der Waals surface area contributed by atoms with Crippen LogP contribution in [0.1, 0.15) is 26.2 Å². The molecule has 0 spiro atoms. The van der Waals surface area contributed by atoms with E-state index in [1.165, 1.54) is 25.9 Å². The van der Waals surface area contributed by atoms with Crippen LogP contribution in [0.3, 0.4) is 0 Å². The van der Waals surface area contributed by atoms with Crippen molar-refractivity contribution in [3.8, 4) is 0 Å². The molecule has 14 heavy (non-hydrogen) atoms. The number of likely N-dealkylation sites (tertiary alicyclic amines) is 1. The van der Waals surface area contributed by atoms with E-state index < -0.39 is 0 Å². The van der Waals surface area contributed by atoms with Gasteiger partial charge >= 0.3 is 0 Å². The molecule has 1 heterocycles. The summed E-state index contributed by atoms with van der Waals surface area (Å²) in [7, 11) is 0. The van der Waals surface area contributed by atoms with Gasteiger partial charge in [-0.2, -0.15) is 0 Å². The molecule has 1 amide bonds. The van der Waals surface area contributed by atoms with Crippen LogP contribution >= 0.6 is 15.9 Å². The van der Waals surface area contributed by atoms with Gasteiger partial charge in [0.25, 0.3) is 0 Å². The van der Waals surface area contributed by atoms with Crippen LogP contribution in [0.4, 0.5) is 0 Å². The third-order valence-corrected chi connectivity index (χ3v) is 3.63. The summed E-state index contributed by atoms with van der Waals surface area (Å²) in [5.74, 6) is 0.117. The molecule has 1 rings (SSSR count). The molecule has 1 aliphatic heterocycles. The second-order valence-corrected chi connectivity index (χ2v) is 4.82. The summed E-state index contributed by atoms with van der Waals surface area (Å²) in [6.07, 6.45) is 3.46. The molecule has 1 unspecified atom stereocenters. The number of rotatable bonds is 5. The monoisotopic (exact) mass is 262 g/mol. The summed E-state index contributed by atoms with van der Waals surface area (Å²) in [4.78, 5) is 13.7. The Hall–Kier alpha value is -0.0900. The predicted molar refractivity (Wildman–Crippen MR) is 61.7 cm³/mol. The van der Waals surface area contributed by atoms with Crippen LogP contribution in [0, 0.1) is 0 Å². The van der Waals surface area contributed by atoms with Gasteiger partial charge in [0, 0.05) is 13.1 Å². The van der Waals surface area contributed by atoms with Crippen molar-refractivity contribution < 1.29 is 4.79 Å². The molecule has 82 valence electrons. The van der Waals surface area contributed by atoms with Gasteiger partial charge in [0.15, 0.2) is 0 Å². The number of carbonyl (C=O) groups excluding carboxylic acids is 1.